The van der Waals surface area contributed by atoms with E-state index >= 15 is 0 Å². The van der Waals surface area contributed by atoms with Crippen molar-refractivity contribution in [3.05, 3.63) is 64.9 Å². The third-order valence-electron chi connectivity index (χ3n) is 5.01. The number of carbonyl (C=O) groups is 1. The first-order valence-electron chi connectivity index (χ1n) is 8.98. The molecule has 0 N–H and O–H groups in total. The number of rotatable bonds is 5. The third-order valence-corrected chi connectivity index (χ3v) is 5.01. The van der Waals surface area contributed by atoms with Crippen molar-refractivity contribution in [1.82, 2.24) is 14.5 Å². The van der Waals surface area contributed by atoms with Gasteiger partial charge in [-0.25, -0.2) is 4.79 Å². The van der Waals surface area contributed by atoms with E-state index < -0.39 is 0 Å². The van der Waals surface area contributed by atoms with Gasteiger partial charge in [-0.05, 0) is 43.7 Å². The molecule has 3 heterocycles. The molecule has 0 radical (unpaired) electrons. The van der Waals surface area contributed by atoms with Crippen LogP contribution in [0.25, 0.3) is 11.1 Å². The number of piperidine rings is 1. The zero-order chi connectivity index (χ0) is 17.9. The van der Waals surface area contributed by atoms with E-state index in [9.17, 15) is 9.59 Å². The molecule has 1 fully saturated rings. The monoisotopic (exact) mass is 351 g/mol. The molecule has 4 rings (SSSR count). The van der Waals surface area contributed by atoms with E-state index in [4.69, 9.17) is 4.42 Å². The van der Waals surface area contributed by atoms with Crippen LogP contribution >= 0.6 is 0 Å². The second-order valence-corrected chi connectivity index (χ2v) is 6.71. The summed E-state index contributed by atoms with van der Waals surface area (Å²) < 4.78 is 6.95. The molecule has 1 aromatic carbocycles. The van der Waals surface area contributed by atoms with Gasteiger partial charge < -0.3 is 9.32 Å². The van der Waals surface area contributed by atoms with E-state index in [2.05, 4.69) is 9.88 Å². The number of benzene rings is 1. The summed E-state index contributed by atoms with van der Waals surface area (Å²) in [5.74, 6) is -0.248. The number of aromatic nitrogens is 2. The van der Waals surface area contributed by atoms with Crippen molar-refractivity contribution >= 4 is 16.9 Å². The Balaban J connectivity index is 1.43. The third kappa shape index (κ3) is 3.32. The van der Waals surface area contributed by atoms with Gasteiger partial charge in [0.25, 0.3) is 0 Å². The number of pyridine rings is 1. The topological polar surface area (TPSA) is 68.3 Å². The molecule has 1 aliphatic heterocycles. The second-order valence-electron chi connectivity index (χ2n) is 6.71. The van der Waals surface area contributed by atoms with Gasteiger partial charge in [-0.3, -0.25) is 14.3 Å². The molecular weight excluding hydrogens is 330 g/mol. The molecule has 0 bridgehead atoms. The SMILES string of the molecule is O=C(c1ccccn1)C1CCCN(CCn2c(=O)oc3ccccc32)C1. The summed E-state index contributed by atoms with van der Waals surface area (Å²) in [4.78, 5) is 31.2. The van der Waals surface area contributed by atoms with Gasteiger partial charge in [-0.2, -0.15) is 0 Å². The first-order chi connectivity index (χ1) is 12.7. The Morgan fingerprint density at radius 2 is 2.00 bits per heavy atom. The molecular formula is C20H21N3O3. The Morgan fingerprint density at radius 3 is 2.85 bits per heavy atom. The number of ketones is 1. The predicted octanol–water partition coefficient (Wildman–Crippen LogP) is 2.58. The zero-order valence-corrected chi connectivity index (χ0v) is 14.5. The Bertz CT molecular complexity index is 961. The van der Waals surface area contributed by atoms with E-state index in [0.717, 1.165) is 31.4 Å². The molecule has 0 amide bonds. The lowest BCUT2D eigenvalue weighted by molar-refractivity contribution is 0.0810. The van der Waals surface area contributed by atoms with Crippen molar-refractivity contribution in [2.45, 2.75) is 19.4 Å². The predicted molar refractivity (Wildman–Crippen MR) is 98.2 cm³/mol. The van der Waals surface area contributed by atoms with Crippen molar-refractivity contribution in [3.63, 3.8) is 0 Å². The average molecular weight is 351 g/mol. The Morgan fingerprint density at radius 1 is 1.15 bits per heavy atom. The maximum atomic E-state index is 12.6. The molecule has 0 saturated carbocycles. The van der Waals surface area contributed by atoms with E-state index in [1.807, 2.05) is 30.3 Å². The van der Waals surface area contributed by atoms with Crippen LogP contribution in [-0.2, 0) is 6.54 Å². The number of oxazole rings is 1. The van der Waals surface area contributed by atoms with E-state index in [0.29, 0.717) is 24.4 Å². The molecule has 0 spiro atoms. The van der Waals surface area contributed by atoms with Crippen LogP contribution in [-0.4, -0.2) is 39.9 Å². The van der Waals surface area contributed by atoms with Crippen molar-refractivity contribution in [3.8, 4) is 0 Å². The first kappa shape index (κ1) is 16.7. The minimum Gasteiger partial charge on any atom is -0.408 e. The number of likely N-dealkylation sites (tertiary alicyclic amines) is 1. The Hall–Kier alpha value is -2.73. The summed E-state index contributed by atoms with van der Waals surface area (Å²) in [6.45, 7) is 2.92. The normalized spacial score (nSPS) is 18.2. The highest BCUT2D eigenvalue weighted by Gasteiger charge is 2.27. The maximum Gasteiger partial charge on any atom is 0.419 e. The summed E-state index contributed by atoms with van der Waals surface area (Å²) in [6, 6.07) is 12.9. The van der Waals surface area contributed by atoms with Gasteiger partial charge in [0.15, 0.2) is 11.4 Å². The van der Waals surface area contributed by atoms with Gasteiger partial charge in [0, 0.05) is 31.7 Å². The Kier molecular flexibility index (Phi) is 4.67. The molecule has 26 heavy (non-hydrogen) atoms. The van der Waals surface area contributed by atoms with Crippen LogP contribution in [0.2, 0.25) is 0 Å². The summed E-state index contributed by atoms with van der Waals surface area (Å²) in [5, 5.41) is 0. The fourth-order valence-corrected chi connectivity index (χ4v) is 3.66. The smallest absolute Gasteiger partial charge is 0.408 e. The van der Waals surface area contributed by atoms with Gasteiger partial charge in [0.2, 0.25) is 0 Å². The standard InChI is InChI=1S/C20H21N3O3/c24-19(16-7-3-4-10-21-16)15-6-5-11-22(14-15)12-13-23-17-8-1-2-9-18(17)26-20(23)25/h1-4,7-10,15H,5-6,11-14H2. The van der Waals surface area contributed by atoms with E-state index in [1.165, 1.54) is 0 Å². The van der Waals surface area contributed by atoms with Crippen LogP contribution < -0.4 is 5.76 Å². The van der Waals surface area contributed by atoms with Gasteiger partial charge in [0.05, 0.1) is 5.52 Å². The lowest BCUT2D eigenvalue weighted by Gasteiger charge is -2.31. The second kappa shape index (κ2) is 7.25. The minimum absolute atomic E-state index is 0.0311. The van der Waals surface area contributed by atoms with Gasteiger partial charge >= 0.3 is 5.76 Å². The lowest BCUT2D eigenvalue weighted by atomic mass is 9.92. The van der Waals surface area contributed by atoms with E-state index in [-0.39, 0.29) is 17.5 Å². The van der Waals surface area contributed by atoms with Gasteiger partial charge in [0.1, 0.15) is 5.69 Å². The molecule has 6 nitrogen and oxygen atoms in total. The summed E-state index contributed by atoms with van der Waals surface area (Å²) in [7, 11) is 0. The summed E-state index contributed by atoms with van der Waals surface area (Å²) in [5.41, 5.74) is 1.96. The van der Waals surface area contributed by atoms with Crippen LogP contribution in [0.4, 0.5) is 0 Å². The average Bonchev–Trinajstić information content (AvgIpc) is 3.02. The summed E-state index contributed by atoms with van der Waals surface area (Å²) >= 11 is 0. The molecule has 6 heteroatoms. The van der Waals surface area contributed by atoms with Crippen molar-refractivity contribution in [1.29, 1.82) is 0 Å². The summed E-state index contributed by atoms with van der Waals surface area (Å²) in [6.07, 6.45) is 3.52. The minimum atomic E-state index is -0.329. The number of fused-ring (bicyclic) bond motifs is 1. The van der Waals surface area contributed by atoms with Gasteiger partial charge in [-0.15, -0.1) is 0 Å². The van der Waals surface area contributed by atoms with E-state index in [1.54, 1.807) is 22.9 Å². The maximum absolute atomic E-state index is 12.6. The molecule has 1 aliphatic rings. The van der Waals surface area contributed by atoms with Crippen molar-refractivity contribution < 1.29 is 9.21 Å². The highest BCUT2D eigenvalue weighted by atomic mass is 16.4. The largest absolute Gasteiger partial charge is 0.419 e. The quantitative estimate of drug-likeness (QED) is 0.661. The van der Waals surface area contributed by atoms with Crippen LogP contribution in [0.1, 0.15) is 23.3 Å². The molecule has 1 saturated heterocycles. The lowest BCUT2D eigenvalue weighted by Crippen LogP contribution is -2.41. The Labute approximate surface area is 151 Å². The van der Waals surface area contributed by atoms with Crippen LogP contribution in [0, 0.1) is 5.92 Å². The molecule has 2 aromatic heterocycles. The zero-order valence-electron chi connectivity index (χ0n) is 14.5. The fraction of sp³-hybridized carbons (Fsp3) is 0.350. The highest BCUT2D eigenvalue weighted by Crippen LogP contribution is 2.20. The van der Waals surface area contributed by atoms with Crippen LogP contribution in [0.3, 0.4) is 0 Å². The molecule has 3 aromatic rings. The van der Waals surface area contributed by atoms with Crippen molar-refractivity contribution in [2.24, 2.45) is 5.92 Å². The molecule has 1 unspecified atom stereocenters. The number of nitrogens with zero attached hydrogens (tertiary/aromatic N) is 3. The molecule has 134 valence electrons. The highest BCUT2D eigenvalue weighted by molar-refractivity contribution is 5.96. The molecule has 0 aliphatic carbocycles. The number of Topliss-reactive ketones (excluding diaryl/α,β-unsaturated/α-hetero) is 1. The first-order valence-corrected chi connectivity index (χ1v) is 8.98. The van der Waals surface area contributed by atoms with Crippen LogP contribution in [0.15, 0.2) is 57.9 Å². The number of hydrogen-bond donors (Lipinski definition) is 0. The van der Waals surface area contributed by atoms with Crippen LogP contribution in [0.5, 0.6) is 0 Å². The number of hydrogen-bond acceptors (Lipinski definition) is 5. The number of carbonyl (C=O) groups excluding carboxylic acids is 1. The fourth-order valence-electron chi connectivity index (χ4n) is 3.66. The molecule has 1 atom stereocenters. The van der Waals surface area contributed by atoms with Gasteiger partial charge in [-0.1, -0.05) is 18.2 Å². The number of para-hydroxylation sites is 2. The van der Waals surface area contributed by atoms with Crippen molar-refractivity contribution in [2.75, 3.05) is 19.6 Å².